The molecule has 0 bridgehead atoms. The molecule has 21 heavy (non-hydrogen) atoms. The summed E-state index contributed by atoms with van der Waals surface area (Å²) in [7, 11) is -1.50. The van der Waals surface area contributed by atoms with E-state index in [0.29, 0.717) is 5.25 Å². The summed E-state index contributed by atoms with van der Waals surface area (Å²) in [6.45, 7) is 18.5. The Labute approximate surface area is 141 Å². The third-order valence-electron chi connectivity index (χ3n) is 4.45. The summed E-state index contributed by atoms with van der Waals surface area (Å²) in [5.74, 6) is 0. The van der Waals surface area contributed by atoms with E-state index in [4.69, 9.17) is 11.6 Å². The van der Waals surface area contributed by atoms with Crippen LogP contribution in [0.15, 0.2) is 36.9 Å². The van der Waals surface area contributed by atoms with Gasteiger partial charge in [-0.25, -0.2) is 0 Å². The lowest BCUT2D eigenvalue weighted by molar-refractivity contribution is 0.850. The molecule has 0 aromatic heterocycles. The van der Waals surface area contributed by atoms with Crippen molar-refractivity contribution in [2.45, 2.75) is 63.4 Å². The molecule has 0 amide bonds. The minimum Gasteiger partial charge on any atom is -0.172 e. The van der Waals surface area contributed by atoms with Crippen molar-refractivity contribution in [2.75, 3.05) is 0 Å². The molecular weight excluding hydrogens is 312 g/mol. The second-order valence-corrected chi connectivity index (χ2v) is 15.8. The first-order chi connectivity index (χ1) is 9.75. The summed E-state index contributed by atoms with van der Waals surface area (Å²) in [4.78, 5) is 0. The SMILES string of the molecule is C=C[C@H](S[Si](C(C)C)(C(C)C)C(C)C)c1ccc(Cl)cc1. The largest absolute Gasteiger partial charge is 0.172 e. The highest BCUT2D eigenvalue weighted by Crippen LogP contribution is 2.54. The molecule has 0 N–H and O–H groups in total. The molecule has 0 fully saturated rings. The molecule has 0 aliphatic heterocycles. The molecule has 0 radical (unpaired) electrons. The van der Waals surface area contributed by atoms with Gasteiger partial charge in [0, 0.05) is 10.3 Å². The monoisotopic (exact) mass is 340 g/mol. The summed E-state index contributed by atoms with van der Waals surface area (Å²) in [6, 6.07) is 8.25. The van der Waals surface area contributed by atoms with Crippen LogP contribution in [0.4, 0.5) is 0 Å². The zero-order chi connectivity index (χ0) is 16.2. The van der Waals surface area contributed by atoms with Crippen molar-refractivity contribution < 1.29 is 0 Å². The fraction of sp³-hybridized carbons (Fsp3) is 0.556. The van der Waals surface area contributed by atoms with Crippen LogP contribution in [0.3, 0.4) is 0 Å². The number of hydrogen-bond acceptors (Lipinski definition) is 1. The number of benzene rings is 1. The second-order valence-electron chi connectivity index (χ2n) is 6.64. The zero-order valence-corrected chi connectivity index (χ0v) is 16.8. The normalized spacial score (nSPS) is 14.0. The molecular formula is C18H29ClSSi. The van der Waals surface area contributed by atoms with Crippen molar-refractivity contribution in [2.24, 2.45) is 0 Å². The first-order valence-electron chi connectivity index (χ1n) is 7.81. The highest BCUT2D eigenvalue weighted by molar-refractivity contribution is 8.29. The molecule has 1 aromatic carbocycles. The maximum Gasteiger partial charge on any atom is 0.126 e. The van der Waals surface area contributed by atoms with Gasteiger partial charge in [-0.3, -0.25) is 0 Å². The van der Waals surface area contributed by atoms with Crippen LogP contribution in [0.2, 0.25) is 21.6 Å². The highest BCUT2D eigenvalue weighted by atomic mass is 35.5. The maximum absolute atomic E-state index is 6.02. The molecule has 118 valence electrons. The first kappa shape index (κ1) is 18.9. The fourth-order valence-corrected chi connectivity index (χ4v) is 13.8. The van der Waals surface area contributed by atoms with E-state index in [1.807, 2.05) is 12.1 Å². The topological polar surface area (TPSA) is 0 Å². The Kier molecular flexibility index (Phi) is 7.09. The van der Waals surface area contributed by atoms with Gasteiger partial charge in [0.1, 0.15) is 7.22 Å². The van der Waals surface area contributed by atoms with Crippen LogP contribution in [0.25, 0.3) is 0 Å². The van der Waals surface area contributed by atoms with E-state index in [-0.39, 0.29) is 0 Å². The Hall–Kier alpha value is -0.183. The lowest BCUT2D eigenvalue weighted by Crippen LogP contribution is -2.41. The fourth-order valence-electron chi connectivity index (χ4n) is 3.53. The first-order valence-corrected chi connectivity index (χ1v) is 12.0. The molecule has 0 saturated carbocycles. The molecule has 1 atom stereocenters. The molecule has 0 unspecified atom stereocenters. The average Bonchev–Trinajstić information content (AvgIpc) is 2.40. The van der Waals surface area contributed by atoms with E-state index >= 15 is 0 Å². The van der Waals surface area contributed by atoms with Crippen LogP contribution < -0.4 is 0 Å². The molecule has 0 saturated heterocycles. The van der Waals surface area contributed by atoms with Gasteiger partial charge in [0.25, 0.3) is 0 Å². The van der Waals surface area contributed by atoms with Crippen LogP contribution in [-0.2, 0) is 0 Å². The lowest BCUT2D eigenvalue weighted by Gasteiger charge is -2.44. The third-order valence-corrected chi connectivity index (χ3v) is 17.5. The summed E-state index contributed by atoms with van der Waals surface area (Å²) >= 11 is 8.22. The molecule has 0 heterocycles. The Morgan fingerprint density at radius 2 is 1.38 bits per heavy atom. The predicted octanol–water partition coefficient (Wildman–Crippen LogP) is 7.48. The summed E-state index contributed by atoms with van der Waals surface area (Å²) in [6.07, 6.45) is 2.10. The summed E-state index contributed by atoms with van der Waals surface area (Å²) < 4.78 is 0. The van der Waals surface area contributed by atoms with Crippen LogP contribution in [0.5, 0.6) is 0 Å². The van der Waals surface area contributed by atoms with Gasteiger partial charge in [-0.1, -0.05) is 71.4 Å². The van der Waals surface area contributed by atoms with Crippen molar-refractivity contribution in [3.63, 3.8) is 0 Å². The summed E-state index contributed by atoms with van der Waals surface area (Å²) in [5, 5.41) is 1.16. The molecule has 1 aromatic rings. The Morgan fingerprint density at radius 1 is 0.952 bits per heavy atom. The van der Waals surface area contributed by atoms with Crippen molar-refractivity contribution >= 4 is 30.0 Å². The van der Waals surface area contributed by atoms with E-state index in [1.54, 1.807) is 0 Å². The van der Waals surface area contributed by atoms with Crippen LogP contribution in [-0.4, -0.2) is 7.22 Å². The molecule has 1 rings (SSSR count). The Bertz CT molecular complexity index is 429. The second kappa shape index (κ2) is 7.89. The van der Waals surface area contributed by atoms with Crippen LogP contribution >= 0.6 is 22.8 Å². The summed E-state index contributed by atoms with van der Waals surface area (Å²) in [5.41, 5.74) is 3.56. The highest BCUT2D eigenvalue weighted by Gasteiger charge is 2.45. The zero-order valence-electron chi connectivity index (χ0n) is 14.2. The van der Waals surface area contributed by atoms with Gasteiger partial charge < -0.3 is 0 Å². The van der Waals surface area contributed by atoms with Crippen molar-refractivity contribution in [1.82, 2.24) is 0 Å². The Morgan fingerprint density at radius 3 is 1.71 bits per heavy atom. The van der Waals surface area contributed by atoms with Crippen molar-refractivity contribution in [3.8, 4) is 0 Å². The van der Waals surface area contributed by atoms with Gasteiger partial charge in [-0.05, 0) is 34.3 Å². The molecule has 3 heteroatoms. The van der Waals surface area contributed by atoms with E-state index in [1.165, 1.54) is 5.56 Å². The third kappa shape index (κ3) is 4.18. The van der Waals surface area contributed by atoms with E-state index in [0.717, 1.165) is 21.6 Å². The van der Waals surface area contributed by atoms with Crippen molar-refractivity contribution in [1.29, 1.82) is 0 Å². The van der Waals surface area contributed by atoms with Gasteiger partial charge in [0.15, 0.2) is 0 Å². The standard InChI is InChI=1S/C18H29ClSSi/c1-8-18(16-9-11-17(19)12-10-16)20-21(13(2)3,14(4)5)15(6)7/h8-15,18H,1H2,2-7H3/t18-/m0/s1. The Balaban J connectivity index is 3.16. The smallest absolute Gasteiger partial charge is 0.126 e. The minimum atomic E-state index is -1.50. The molecule has 0 aliphatic carbocycles. The van der Waals surface area contributed by atoms with Crippen LogP contribution in [0.1, 0.15) is 52.4 Å². The quantitative estimate of drug-likeness (QED) is 0.366. The van der Waals surface area contributed by atoms with Gasteiger partial charge in [0.05, 0.1) is 0 Å². The lowest BCUT2D eigenvalue weighted by atomic mass is 10.1. The molecule has 0 nitrogen and oxygen atoms in total. The molecule has 0 spiro atoms. The van der Waals surface area contributed by atoms with E-state index < -0.39 is 7.22 Å². The number of rotatable bonds is 7. The van der Waals surface area contributed by atoms with Gasteiger partial charge in [-0.2, -0.15) is 11.2 Å². The predicted molar refractivity (Wildman–Crippen MR) is 103 cm³/mol. The van der Waals surface area contributed by atoms with Crippen molar-refractivity contribution in [3.05, 3.63) is 47.5 Å². The number of halogens is 1. The minimum absolute atomic E-state index is 0.362. The van der Waals surface area contributed by atoms with Crippen LogP contribution in [0, 0.1) is 0 Å². The molecule has 0 aliphatic rings. The van der Waals surface area contributed by atoms with Gasteiger partial charge in [-0.15, -0.1) is 6.58 Å². The number of hydrogen-bond donors (Lipinski definition) is 0. The average molecular weight is 341 g/mol. The van der Waals surface area contributed by atoms with E-state index in [9.17, 15) is 0 Å². The van der Waals surface area contributed by atoms with E-state index in [2.05, 4.69) is 77.5 Å². The van der Waals surface area contributed by atoms with Gasteiger partial charge in [0.2, 0.25) is 0 Å². The maximum atomic E-state index is 6.02. The van der Waals surface area contributed by atoms with Gasteiger partial charge >= 0.3 is 0 Å².